The zero-order chi connectivity index (χ0) is 14.1. The third-order valence-electron chi connectivity index (χ3n) is 3.99. The lowest BCUT2D eigenvalue weighted by atomic mass is 9.97. The third kappa shape index (κ3) is 2.33. The van der Waals surface area contributed by atoms with Crippen molar-refractivity contribution >= 4 is 22.6 Å². The van der Waals surface area contributed by atoms with Gasteiger partial charge in [0.25, 0.3) is 0 Å². The van der Waals surface area contributed by atoms with Gasteiger partial charge in [-0.1, -0.05) is 24.3 Å². The van der Waals surface area contributed by atoms with Gasteiger partial charge in [0, 0.05) is 24.2 Å². The zero-order valence-electron chi connectivity index (χ0n) is 11.5. The van der Waals surface area contributed by atoms with Gasteiger partial charge in [-0.2, -0.15) is 0 Å². The molecule has 0 spiro atoms. The van der Waals surface area contributed by atoms with Crippen LogP contribution in [-0.2, 0) is 4.79 Å². The molecule has 0 aliphatic carbocycles. The molecule has 4 heteroatoms. The second kappa shape index (κ2) is 5.12. The SMILES string of the molecule is Cc1cc2ccccc2c(N2CCC(C(=O)O)CC2)n1. The van der Waals surface area contributed by atoms with E-state index in [4.69, 9.17) is 5.11 Å². The van der Waals surface area contributed by atoms with Crippen LogP contribution in [0.5, 0.6) is 0 Å². The lowest BCUT2D eigenvalue weighted by Gasteiger charge is -2.32. The number of anilines is 1. The molecule has 0 atom stereocenters. The summed E-state index contributed by atoms with van der Waals surface area (Å²) in [6.45, 7) is 3.52. The Morgan fingerprint density at radius 1 is 1.30 bits per heavy atom. The number of carbonyl (C=O) groups is 1. The molecule has 0 saturated carbocycles. The van der Waals surface area contributed by atoms with Crippen LogP contribution in [0, 0.1) is 12.8 Å². The van der Waals surface area contributed by atoms with Crippen LogP contribution in [0.1, 0.15) is 18.5 Å². The number of aryl methyl sites for hydroxylation is 1. The number of pyridine rings is 1. The smallest absolute Gasteiger partial charge is 0.306 e. The monoisotopic (exact) mass is 270 g/mol. The van der Waals surface area contributed by atoms with Crippen LogP contribution in [0.4, 0.5) is 5.82 Å². The molecule has 104 valence electrons. The van der Waals surface area contributed by atoms with Crippen LogP contribution in [0.3, 0.4) is 0 Å². The van der Waals surface area contributed by atoms with Gasteiger partial charge in [0.2, 0.25) is 0 Å². The average Bonchev–Trinajstić information content (AvgIpc) is 2.46. The lowest BCUT2D eigenvalue weighted by Crippen LogP contribution is -2.36. The molecule has 3 rings (SSSR count). The van der Waals surface area contributed by atoms with E-state index >= 15 is 0 Å². The van der Waals surface area contributed by atoms with E-state index in [0.29, 0.717) is 12.8 Å². The van der Waals surface area contributed by atoms with E-state index in [1.807, 2.05) is 19.1 Å². The van der Waals surface area contributed by atoms with Gasteiger partial charge >= 0.3 is 5.97 Å². The number of aromatic nitrogens is 1. The number of benzene rings is 1. The summed E-state index contributed by atoms with van der Waals surface area (Å²) in [5.41, 5.74) is 0.999. The molecule has 2 heterocycles. The van der Waals surface area contributed by atoms with Gasteiger partial charge in [-0.15, -0.1) is 0 Å². The van der Waals surface area contributed by atoms with Crippen molar-refractivity contribution in [2.24, 2.45) is 5.92 Å². The Bertz CT molecular complexity index is 646. The van der Waals surface area contributed by atoms with Crippen molar-refractivity contribution in [3.63, 3.8) is 0 Å². The molecule has 2 aromatic rings. The van der Waals surface area contributed by atoms with Crippen molar-refractivity contribution in [3.8, 4) is 0 Å². The molecule has 4 nitrogen and oxygen atoms in total. The van der Waals surface area contributed by atoms with E-state index in [1.165, 1.54) is 5.39 Å². The predicted molar refractivity (Wildman–Crippen MR) is 79.1 cm³/mol. The quantitative estimate of drug-likeness (QED) is 0.911. The number of hydrogen-bond acceptors (Lipinski definition) is 3. The Balaban J connectivity index is 1.93. The minimum Gasteiger partial charge on any atom is -0.481 e. The van der Waals surface area contributed by atoms with Gasteiger partial charge in [0.05, 0.1) is 5.92 Å². The van der Waals surface area contributed by atoms with Gasteiger partial charge in [-0.3, -0.25) is 4.79 Å². The van der Waals surface area contributed by atoms with Crippen LogP contribution in [-0.4, -0.2) is 29.1 Å². The first-order valence-corrected chi connectivity index (χ1v) is 6.99. The summed E-state index contributed by atoms with van der Waals surface area (Å²) >= 11 is 0. The van der Waals surface area contributed by atoms with Crippen molar-refractivity contribution in [1.82, 2.24) is 4.98 Å². The fourth-order valence-electron chi connectivity index (χ4n) is 2.89. The van der Waals surface area contributed by atoms with Gasteiger partial charge in [0.15, 0.2) is 0 Å². The normalized spacial score (nSPS) is 16.6. The first-order valence-electron chi connectivity index (χ1n) is 6.99. The summed E-state index contributed by atoms with van der Waals surface area (Å²) in [7, 11) is 0. The van der Waals surface area contributed by atoms with Crippen molar-refractivity contribution < 1.29 is 9.90 Å². The maximum absolute atomic E-state index is 11.0. The van der Waals surface area contributed by atoms with Crippen molar-refractivity contribution in [2.45, 2.75) is 19.8 Å². The molecule has 0 radical (unpaired) electrons. The molecule has 0 unspecified atom stereocenters. The van der Waals surface area contributed by atoms with Crippen LogP contribution >= 0.6 is 0 Å². The molecule has 1 fully saturated rings. The summed E-state index contributed by atoms with van der Waals surface area (Å²) in [5.74, 6) is 0.110. The van der Waals surface area contributed by atoms with Crippen molar-refractivity contribution in [3.05, 3.63) is 36.0 Å². The molecule has 1 N–H and O–H groups in total. The van der Waals surface area contributed by atoms with Gasteiger partial charge in [0.1, 0.15) is 5.82 Å². The molecule has 1 saturated heterocycles. The number of rotatable bonds is 2. The standard InChI is InChI=1S/C16H18N2O2/c1-11-10-13-4-2-3-5-14(13)15(17-11)18-8-6-12(7-9-18)16(19)20/h2-5,10,12H,6-9H2,1H3,(H,19,20). The van der Waals surface area contributed by atoms with E-state index in [0.717, 1.165) is 30.0 Å². The number of aliphatic carboxylic acids is 1. The summed E-state index contributed by atoms with van der Waals surface area (Å²) in [6.07, 6.45) is 1.39. The number of carboxylic acid groups (broad SMARTS) is 1. The van der Waals surface area contributed by atoms with Crippen LogP contribution < -0.4 is 4.90 Å². The minimum atomic E-state index is -0.674. The Morgan fingerprint density at radius 2 is 2.00 bits per heavy atom. The van der Waals surface area contributed by atoms with E-state index in [9.17, 15) is 4.79 Å². The molecule has 1 aliphatic rings. The molecule has 1 aromatic carbocycles. The number of fused-ring (bicyclic) bond motifs is 1. The summed E-state index contributed by atoms with van der Waals surface area (Å²) in [5, 5.41) is 11.4. The Kier molecular flexibility index (Phi) is 3.30. The maximum atomic E-state index is 11.0. The van der Waals surface area contributed by atoms with Crippen LogP contribution in [0.2, 0.25) is 0 Å². The highest BCUT2D eigenvalue weighted by Gasteiger charge is 2.25. The Morgan fingerprint density at radius 3 is 2.70 bits per heavy atom. The number of piperidine rings is 1. The maximum Gasteiger partial charge on any atom is 0.306 e. The molecule has 0 amide bonds. The third-order valence-corrected chi connectivity index (χ3v) is 3.99. The first-order chi connectivity index (χ1) is 9.65. The van der Waals surface area contributed by atoms with E-state index in [-0.39, 0.29) is 5.92 Å². The Hall–Kier alpha value is -2.10. The molecule has 0 bridgehead atoms. The number of hydrogen-bond donors (Lipinski definition) is 1. The summed E-state index contributed by atoms with van der Waals surface area (Å²) < 4.78 is 0. The number of carboxylic acids is 1. The molecule has 20 heavy (non-hydrogen) atoms. The second-order valence-corrected chi connectivity index (χ2v) is 5.41. The molecular formula is C16H18N2O2. The Labute approximate surface area is 118 Å². The zero-order valence-corrected chi connectivity index (χ0v) is 11.5. The summed E-state index contributed by atoms with van der Waals surface area (Å²) in [6, 6.07) is 10.3. The first kappa shape index (κ1) is 12.9. The van der Waals surface area contributed by atoms with E-state index in [2.05, 4.69) is 28.1 Å². The lowest BCUT2D eigenvalue weighted by molar-refractivity contribution is -0.142. The second-order valence-electron chi connectivity index (χ2n) is 5.41. The largest absolute Gasteiger partial charge is 0.481 e. The van der Waals surface area contributed by atoms with Gasteiger partial charge in [-0.05, 0) is 31.2 Å². The highest BCUT2D eigenvalue weighted by atomic mass is 16.4. The van der Waals surface area contributed by atoms with Crippen LogP contribution in [0.25, 0.3) is 10.8 Å². The molecule has 1 aliphatic heterocycles. The number of nitrogens with zero attached hydrogens (tertiary/aromatic N) is 2. The topological polar surface area (TPSA) is 53.4 Å². The van der Waals surface area contributed by atoms with E-state index in [1.54, 1.807) is 0 Å². The highest BCUT2D eigenvalue weighted by Crippen LogP contribution is 2.29. The fraction of sp³-hybridized carbons (Fsp3) is 0.375. The van der Waals surface area contributed by atoms with Gasteiger partial charge in [-0.25, -0.2) is 4.98 Å². The van der Waals surface area contributed by atoms with E-state index < -0.39 is 5.97 Å². The minimum absolute atomic E-state index is 0.206. The van der Waals surface area contributed by atoms with Crippen molar-refractivity contribution in [1.29, 1.82) is 0 Å². The van der Waals surface area contributed by atoms with Crippen molar-refractivity contribution in [2.75, 3.05) is 18.0 Å². The van der Waals surface area contributed by atoms with Crippen LogP contribution in [0.15, 0.2) is 30.3 Å². The summed E-state index contributed by atoms with van der Waals surface area (Å²) in [4.78, 5) is 17.9. The molecule has 1 aromatic heterocycles. The fourth-order valence-corrected chi connectivity index (χ4v) is 2.89. The molecular weight excluding hydrogens is 252 g/mol. The van der Waals surface area contributed by atoms with Gasteiger partial charge < -0.3 is 10.0 Å². The highest BCUT2D eigenvalue weighted by molar-refractivity contribution is 5.92. The predicted octanol–water partition coefficient (Wildman–Crippen LogP) is 2.84. The average molecular weight is 270 g/mol.